The molecule has 0 radical (unpaired) electrons. The maximum atomic E-state index is 14.4. The number of primary amides is 2. The Morgan fingerprint density at radius 1 is 0.522 bits per heavy atom. The number of likely N-dealkylation sites (N-methyl/N-ethyl adjacent to an activating group) is 2. The largest absolute Gasteiger partial charge is 0.465 e. The van der Waals surface area contributed by atoms with Gasteiger partial charge in [0.25, 0.3) is 0 Å². The van der Waals surface area contributed by atoms with Crippen molar-refractivity contribution in [3.63, 3.8) is 0 Å². The number of carbonyl (C=O) groups is 6. The van der Waals surface area contributed by atoms with E-state index in [1.807, 2.05) is 140 Å². The van der Waals surface area contributed by atoms with Gasteiger partial charge >= 0.3 is 12.2 Å². The minimum absolute atomic E-state index is 0.223. The molecule has 4 atom stereocenters. The number of hydrogen-bond donors (Lipinski definition) is 4. The minimum atomic E-state index is -1.47. The lowest BCUT2D eigenvalue weighted by atomic mass is 9.85. The van der Waals surface area contributed by atoms with Gasteiger partial charge in [-0.2, -0.15) is 0 Å². The Balaban J connectivity index is 1.11. The van der Waals surface area contributed by atoms with Gasteiger partial charge in [0.1, 0.15) is 23.2 Å². The van der Waals surface area contributed by atoms with E-state index in [1.54, 1.807) is 0 Å². The molecule has 15 nitrogen and oxygen atoms in total. The predicted octanol–water partition coefficient (Wildman–Crippen LogP) is 6.72. The normalized spacial score (nSPS) is 18.5. The second-order valence-corrected chi connectivity index (χ2v) is 18.1. The van der Waals surface area contributed by atoms with Crippen LogP contribution in [-0.2, 0) is 56.2 Å². The molecule has 6 N–H and O–H groups in total. The van der Waals surface area contributed by atoms with E-state index in [2.05, 4.69) is 4.90 Å². The van der Waals surface area contributed by atoms with Crippen LogP contribution in [0.25, 0.3) is 0 Å². The molecule has 0 saturated carbocycles. The first-order valence-electron chi connectivity index (χ1n) is 23.4. The molecule has 5 aromatic carbocycles. The van der Waals surface area contributed by atoms with Gasteiger partial charge in [0.05, 0.1) is 0 Å². The quantitative estimate of drug-likeness (QED) is 0.0691. The fraction of sp³-hybridized carbons (Fsp3) is 0.333. The monoisotopic (exact) mass is 935 g/mol. The van der Waals surface area contributed by atoms with E-state index in [0.29, 0.717) is 62.7 Å². The maximum absolute atomic E-state index is 14.4. The van der Waals surface area contributed by atoms with Gasteiger partial charge in [-0.3, -0.25) is 29.0 Å². The van der Waals surface area contributed by atoms with Crippen molar-refractivity contribution in [3.05, 3.63) is 173 Å². The van der Waals surface area contributed by atoms with E-state index in [0.717, 1.165) is 37.7 Å². The molecule has 15 heteroatoms. The van der Waals surface area contributed by atoms with Gasteiger partial charge in [-0.25, -0.2) is 9.59 Å². The molecule has 5 aromatic rings. The highest BCUT2D eigenvalue weighted by Crippen LogP contribution is 2.42. The number of nitrogens with zero attached hydrogens (tertiary/aromatic N) is 5. The summed E-state index contributed by atoms with van der Waals surface area (Å²) in [6.07, 6.45) is 0.460. The predicted molar refractivity (Wildman–Crippen MR) is 262 cm³/mol. The molecule has 2 heterocycles. The third-order valence-electron chi connectivity index (χ3n) is 14.0. The summed E-state index contributed by atoms with van der Waals surface area (Å²) < 4.78 is 0. The Morgan fingerprint density at radius 3 is 1.20 bits per heavy atom. The van der Waals surface area contributed by atoms with Crippen LogP contribution in [-0.4, -0.2) is 105 Å². The molecule has 0 spiro atoms. The first-order valence-corrected chi connectivity index (χ1v) is 23.4. The third-order valence-corrected chi connectivity index (χ3v) is 14.0. The van der Waals surface area contributed by atoms with Crippen LogP contribution in [0.4, 0.5) is 15.3 Å². The van der Waals surface area contributed by atoms with Crippen LogP contribution in [0, 0.1) is 0 Å². The van der Waals surface area contributed by atoms with Gasteiger partial charge in [0.2, 0.25) is 23.6 Å². The average Bonchev–Trinajstić information content (AvgIpc) is 4.03. The van der Waals surface area contributed by atoms with Gasteiger partial charge < -0.3 is 36.4 Å². The van der Waals surface area contributed by atoms with Crippen LogP contribution in [0.2, 0.25) is 0 Å². The van der Waals surface area contributed by atoms with Gasteiger partial charge in [0.15, 0.2) is 0 Å². The maximum Gasteiger partial charge on any atom is 0.407 e. The molecule has 2 saturated heterocycles. The summed E-state index contributed by atoms with van der Waals surface area (Å²) in [5.74, 6) is -2.32. The Bertz CT molecular complexity index is 2440. The van der Waals surface area contributed by atoms with E-state index >= 15 is 0 Å². The molecular weight excluding hydrogens is 875 g/mol. The van der Waals surface area contributed by atoms with Crippen LogP contribution >= 0.6 is 0 Å². The number of carbonyl (C=O) groups excluding carboxylic acids is 4. The second kappa shape index (κ2) is 21.5. The van der Waals surface area contributed by atoms with E-state index in [1.165, 1.54) is 23.9 Å². The number of aryl methyl sites for hydroxylation is 2. The number of anilines is 1. The van der Waals surface area contributed by atoms with Crippen molar-refractivity contribution < 1.29 is 39.0 Å². The van der Waals surface area contributed by atoms with Crippen LogP contribution in [0.5, 0.6) is 0 Å². The number of carboxylic acid groups (broad SMARTS) is 2. The minimum Gasteiger partial charge on any atom is -0.465 e. The number of rotatable bonds is 19. The number of benzene rings is 5. The highest BCUT2D eigenvalue weighted by molar-refractivity contribution is 5.96. The Morgan fingerprint density at radius 2 is 0.870 bits per heavy atom. The van der Waals surface area contributed by atoms with Crippen molar-refractivity contribution in [2.75, 3.05) is 32.1 Å². The third kappa shape index (κ3) is 10.4. The molecule has 2 fully saturated rings. The fourth-order valence-electron chi connectivity index (χ4n) is 10.2. The van der Waals surface area contributed by atoms with Crippen molar-refractivity contribution in [1.82, 2.24) is 19.6 Å². The Hall–Kier alpha value is -7.68. The highest BCUT2D eigenvalue weighted by Gasteiger charge is 2.53. The number of para-hydroxylation sites is 1. The zero-order valence-corrected chi connectivity index (χ0v) is 39.2. The summed E-state index contributed by atoms with van der Waals surface area (Å²) >= 11 is 0. The van der Waals surface area contributed by atoms with Crippen molar-refractivity contribution in [3.8, 4) is 0 Å². The van der Waals surface area contributed by atoms with Crippen molar-refractivity contribution in [1.29, 1.82) is 0 Å². The summed E-state index contributed by atoms with van der Waals surface area (Å²) in [6.45, 7) is 1.37. The lowest BCUT2D eigenvalue weighted by molar-refractivity contribution is -0.147. The Kier molecular flexibility index (Phi) is 15.4. The second-order valence-electron chi connectivity index (χ2n) is 18.1. The van der Waals surface area contributed by atoms with E-state index < -0.39 is 59.0 Å². The average molecular weight is 936 g/mol. The number of nitrogens with two attached hydrogens (primary N) is 2. The highest BCUT2D eigenvalue weighted by atomic mass is 16.4. The van der Waals surface area contributed by atoms with E-state index in [-0.39, 0.29) is 25.9 Å². The molecule has 0 bridgehead atoms. The van der Waals surface area contributed by atoms with Crippen LogP contribution < -0.4 is 16.4 Å². The molecule has 0 unspecified atom stereocenters. The summed E-state index contributed by atoms with van der Waals surface area (Å²) in [5.41, 5.74) is 15.2. The van der Waals surface area contributed by atoms with Gasteiger partial charge in [-0.15, -0.1) is 0 Å². The molecule has 7 rings (SSSR count). The van der Waals surface area contributed by atoms with Crippen LogP contribution in [0.1, 0.15) is 71.9 Å². The first kappa shape index (κ1) is 49.2. The molecule has 0 aliphatic carbocycles. The zero-order valence-electron chi connectivity index (χ0n) is 39.2. The Labute approximate surface area is 402 Å². The number of likely N-dealkylation sites (tertiary alicyclic amines) is 2. The summed E-state index contributed by atoms with van der Waals surface area (Å²) in [7, 11) is 2.75. The van der Waals surface area contributed by atoms with Crippen LogP contribution in [0.3, 0.4) is 0 Å². The molecule has 69 heavy (non-hydrogen) atoms. The topological polar surface area (TPSA) is 211 Å². The van der Waals surface area contributed by atoms with Crippen molar-refractivity contribution in [2.24, 2.45) is 11.5 Å². The number of amides is 6. The summed E-state index contributed by atoms with van der Waals surface area (Å²) in [4.78, 5) is 87.7. The lowest BCUT2D eigenvalue weighted by Crippen LogP contribution is -2.58. The number of hydrogen-bond acceptors (Lipinski definition) is 7. The summed E-state index contributed by atoms with van der Waals surface area (Å²) in [5, 5.41) is 20.0. The molecule has 6 amide bonds. The van der Waals surface area contributed by atoms with E-state index in [9.17, 15) is 39.0 Å². The smallest absolute Gasteiger partial charge is 0.407 e. The molecule has 0 aromatic heterocycles. The van der Waals surface area contributed by atoms with Crippen molar-refractivity contribution in [2.45, 2.75) is 87.6 Å². The van der Waals surface area contributed by atoms with Gasteiger partial charge in [-0.1, -0.05) is 127 Å². The van der Waals surface area contributed by atoms with Crippen LogP contribution in [0.15, 0.2) is 140 Å². The molecule has 360 valence electrons. The molecular formula is C54H61N7O8. The SMILES string of the molecule is CN(C(=O)O)[C@@H](CCc1ccccc1)C(=O)N1CCC[C@@]1(C(N)=O)c1ccc(CN(Cc2ccc([C@]3(C(N)=O)CCCN3C(=O)[C@H](CCc3ccccc3)N(C)C(=O)O)cc2)c2ccccc2)cc1. The standard InChI is InChI=1S/C54H61N7O8/c1-57(51(66)67)45(30-24-38-14-6-3-7-15-38)47(62)60-34-12-32-53(60,49(55)64)42-26-20-40(21-27-42)36-59(44-18-10-5-11-19-44)37-41-22-28-43(29-23-41)54(50(56)65)33-13-35-61(54)48(63)46(58(2)52(68)69)31-25-39-16-8-4-9-17-39/h3-11,14-23,26-29,45-46H,12-13,24-25,30-37H2,1-2H3,(H2,55,64)(H2,56,65)(H,66,67)(H,68,69)/t45-,46-,53-,54-/m0/s1. The molecule has 2 aliphatic heterocycles. The van der Waals surface area contributed by atoms with Gasteiger partial charge in [-0.05, 0) is 96.9 Å². The zero-order chi connectivity index (χ0) is 49.3. The fourth-order valence-corrected chi connectivity index (χ4v) is 10.2. The summed E-state index contributed by atoms with van der Waals surface area (Å²) in [6, 6.07) is 41.7. The lowest BCUT2D eigenvalue weighted by Gasteiger charge is -2.39. The first-order chi connectivity index (χ1) is 33.2. The van der Waals surface area contributed by atoms with Gasteiger partial charge in [0, 0.05) is 46.0 Å². The van der Waals surface area contributed by atoms with Crippen molar-refractivity contribution >= 4 is 41.5 Å². The van der Waals surface area contributed by atoms with E-state index in [4.69, 9.17) is 11.5 Å². The molecule has 2 aliphatic rings.